The first-order valence-corrected chi connectivity index (χ1v) is 4.58. The second-order valence-electron chi connectivity index (χ2n) is 3.30. The van der Waals surface area contributed by atoms with Crippen LogP contribution in [0.3, 0.4) is 0 Å². The molecule has 4 nitrogen and oxygen atoms in total. The van der Waals surface area contributed by atoms with Crippen LogP contribution in [0.1, 0.15) is 17.0 Å². The predicted octanol–water partition coefficient (Wildman–Crippen LogP) is 1.16. The number of aliphatic hydroxyl groups excluding tert-OH is 1. The van der Waals surface area contributed by atoms with E-state index in [9.17, 15) is 4.79 Å². The van der Waals surface area contributed by atoms with E-state index in [-0.39, 0.29) is 0 Å². The highest BCUT2D eigenvalue weighted by Gasteiger charge is 2.19. The molecule has 0 fully saturated rings. The quantitative estimate of drug-likeness (QED) is 0.782. The highest BCUT2D eigenvalue weighted by atomic mass is 16.5. The van der Waals surface area contributed by atoms with Crippen molar-refractivity contribution in [1.82, 2.24) is 0 Å². The molecule has 0 saturated carbocycles. The molecule has 0 aliphatic heterocycles. The zero-order valence-corrected chi connectivity index (χ0v) is 8.73. The predicted molar refractivity (Wildman–Crippen MR) is 55.2 cm³/mol. The Kier molecular flexibility index (Phi) is 3.68. The van der Waals surface area contributed by atoms with Crippen molar-refractivity contribution in [2.75, 3.05) is 13.7 Å². The lowest BCUT2D eigenvalue weighted by Crippen LogP contribution is -2.15. The van der Waals surface area contributed by atoms with Gasteiger partial charge in [-0.3, -0.25) is 4.79 Å². The van der Waals surface area contributed by atoms with Gasteiger partial charge in [0.1, 0.15) is 11.7 Å². The first-order chi connectivity index (χ1) is 7.10. The summed E-state index contributed by atoms with van der Waals surface area (Å²) in [5.74, 6) is -1.18. The summed E-state index contributed by atoms with van der Waals surface area (Å²) in [4.78, 5) is 10.8. The number of ether oxygens (including phenoxy) is 1. The fraction of sp³-hybridized carbons (Fsp3) is 0.364. The number of aliphatic carboxylic acids is 1. The Balaban J connectivity index is 3.05. The molecule has 0 spiro atoms. The largest absolute Gasteiger partial charge is 0.496 e. The van der Waals surface area contributed by atoms with E-state index in [1.54, 1.807) is 25.3 Å². The average molecular weight is 210 g/mol. The van der Waals surface area contributed by atoms with E-state index < -0.39 is 18.5 Å². The Morgan fingerprint density at radius 1 is 1.53 bits per heavy atom. The van der Waals surface area contributed by atoms with Crippen molar-refractivity contribution in [3.05, 3.63) is 29.3 Å². The molecule has 1 aromatic carbocycles. The van der Waals surface area contributed by atoms with E-state index in [0.717, 1.165) is 5.56 Å². The van der Waals surface area contributed by atoms with Crippen LogP contribution in [-0.2, 0) is 4.79 Å². The number of carbonyl (C=O) groups is 1. The zero-order valence-electron chi connectivity index (χ0n) is 8.73. The minimum atomic E-state index is -1.03. The van der Waals surface area contributed by atoms with Crippen LogP contribution in [0, 0.1) is 6.92 Å². The second-order valence-corrected chi connectivity index (χ2v) is 3.30. The van der Waals surface area contributed by atoms with Crippen LogP contribution >= 0.6 is 0 Å². The summed E-state index contributed by atoms with van der Waals surface area (Å²) in [5.41, 5.74) is 1.44. The van der Waals surface area contributed by atoms with E-state index in [2.05, 4.69) is 0 Å². The third kappa shape index (κ3) is 2.47. The molecule has 0 bridgehead atoms. The monoisotopic (exact) mass is 210 g/mol. The minimum absolute atomic E-state index is 0.402. The van der Waals surface area contributed by atoms with Crippen LogP contribution in [0.4, 0.5) is 0 Å². The van der Waals surface area contributed by atoms with Crippen LogP contribution in [0.15, 0.2) is 18.2 Å². The molecule has 1 unspecified atom stereocenters. The van der Waals surface area contributed by atoms with Gasteiger partial charge in [-0.1, -0.05) is 12.1 Å². The SMILES string of the molecule is COc1ccc(C(CO)C(=O)O)cc1C. The minimum Gasteiger partial charge on any atom is -0.496 e. The Bertz CT molecular complexity index is 360. The summed E-state index contributed by atoms with van der Waals surface area (Å²) >= 11 is 0. The Hall–Kier alpha value is -1.55. The van der Waals surface area contributed by atoms with E-state index >= 15 is 0 Å². The summed E-state index contributed by atoms with van der Waals surface area (Å²) in [6.45, 7) is 1.43. The maximum Gasteiger partial charge on any atom is 0.313 e. The second kappa shape index (κ2) is 4.79. The highest BCUT2D eigenvalue weighted by molar-refractivity contribution is 5.76. The molecule has 0 radical (unpaired) electrons. The van der Waals surface area contributed by atoms with Gasteiger partial charge in [-0.25, -0.2) is 0 Å². The summed E-state index contributed by atoms with van der Waals surface area (Å²) < 4.78 is 5.06. The normalized spacial score (nSPS) is 12.2. The summed E-state index contributed by atoms with van der Waals surface area (Å²) in [7, 11) is 1.56. The fourth-order valence-electron chi connectivity index (χ4n) is 1.44. The number of aliphatic hydroxyl groups is 1. The van der Waals surface area contributed by atoms with Gasteiger partial charge < -0.3 is 14.9 Å². The summed E-state index contributed by atoms with van der Waals surface area (Å²) in [5, 5.41) is 17.8. The Morgan fingerprint density at radius 2 is 2.20 bits per heavy atom. The van der Waals surface area contributed by atoms with Gasteiger partial charge >= 0.3 is 5.97 Å². The lowest BCUT2D eigenvalue weighted by Gasteiger charge is -2.12. The molecule has 0 heterocycles. The molecule has 1 atom stereocenters. The molecule has 82 valence electrons. The van der Waals surface area contributed by atoms with Crippen molar-refractivity contribution in [2.45, 2.75) is 12.8 Å². The van der Waals surface area contributed by atoms with E-state index in [1.165, 1.54) is 0 Å². The topological polar surface area (TPSA) is 66.8 Å². The van der Waals surface area contributed by atoms with Crippen molar-refractivity contribution < 1.29 is 19.7 Å². The van der Waals surface area contributed by atoms with Crippen LogP contribution in [0.25, 0.3) is 0 Å². The van der Waals surface area contributed by atoms with E-state index in [4.69, 9.17) is 14.9 Å². The zero-order chi connectivity index (χ0) is 11.4. The van der Waals surface area contributed by atoms with Crippen LogP contribution in [0.2, 0.25) is 0 Å². The third-order valence-corrected chi connectivity index (χ3v) is 2.30. The van der Waals surface area contributed by atoms with Crippen molar-refractivity contribution in [2.24, 2.45) is 0 Å². The van der Waals surface area contributed by atoms with Gasteiger partial charge in [-0.2, -0.15) is 0 Å². The van der Waals surface area contributed by atoms with Crippen molar-refractivity contribution in [3.8, 4) is 5.75 Å². The van der Waals surface area contributed by atoms with E-state index in [1.807, 2.05) is 6.92 Å². The number of hydrogen-bond donors (Lipinski definition) is 2. The van der Waals surface area contributed by atoms with Gasteiger partial charge in [0.25, 0.3) is 0 Å². The number of carboxylic acids is 1. The van der Waals surface area contributed by atoms with Gasteiger partial charge in [0, 0.05) is 0 Å². The van der Waals surface area contributed by atoms with E-state index in [0.29, 0.717) is 11.3 Å². The Morgan fingerprint density at radius 3 is 2.60 bits per heavy atom. The van der Waals surface area contributed by atoms with Gasteiger partial charge in [0.2, 0.25) is 0 Å². The third-order valence-electron chi connectivity index (χ3n) is 2.30. The van der Waals surface area contributed by atoms with Crippen molar-refractivity contribution >= 4 is 5.97 Å². The number of carboxylic acid groups (broad SMARTS) is 1. The number of aryl methyl sites for hydroxylation is 1. The molecule has 0 aliphatic rings. The van der Waals surface area contributed by atoms with Gasteiger partial charge in [-0.05, 0) is 24.1 Å². The lowest BCUT2D eigenvalue weighted by atomic mass is 9.98. The van der Waals surface area contributed by atoms with Gasteiger partial charge in [0.15, 0.2) is 0 Å². The van der Waals surface area contributed by atoms with Crippen LogP contribution < -0.4 is 4.74 Å². The molecule has 2 N–H and O–H groups in total. The molecule has 1 aromatic rings. The molecule has 15 heavy (non-hydrogen) atoms. The maximum atomic E-state index is 10.8. The molecule has 1 rings (SSSR count). The lowest BCUT2D eigenvalue weighted by molar-refractivity contribution is -0.139. The summed E-state index contributed by atoms with van der Waals surface area (Å²) in [6, 6.07) is 5.07. The van der Waals surface area contributed by atoms with Crippen molar-refractivity contribution in [3.63, 3.8) is 0 Å². The number of benzene rings is 1. The number of hydrogen-bond acceptors (Lipinski definition) is 3. The highest BCUT2D eigenvalue weighted by Crippen LogP contribution is 2.23. The first kappa shape index (κ1) is 11.5. The number of methoxy groups -OCH3 is 1. The average Bonchev–Trinajstić information content (AvgIpc) is 2.18. The smallest absolute Gasteiger partial charge is 0.313 e. The molecule has 0 amide bonds. The molecular weight excluding hydrogens is 196 g/mol. The fourth-order valence-corrected chi connectivity index (χ4v) is 1.44. The Labute approximate surface area is 88.1 Å². The van der Waals surface area contributed by atoms with Crippen molar-refractivity contribution in [1.29, 1.82) is 0 Å². The number of rotatable bonds is 4. The van der Waals surface area contributed by atoms with Gasteiger partial charge in [0.05, 0.1) is 13.7 Å². The van der Waals surface area contributed by atoms with Crippen LogP contribution in [-0.4, -0.2) is 29.9 Å². The first-order valence-electron chi connectivity index (χ1n) is 4.58. The molecule has 0 aliphatic carbocycles. The van der Waals surface area contributed by atoms with Gasteiger partial charge in [-0.15, -0.1) is 0 Å². The molecular formula is C11H14O4. The molecule has 4 heteroatoms. The standard InChI is InChI=1S/C11H14O4/c1-7-5-8(3-4-10(7)15-2)9(6-12)11(13)14/h3-5,9,12H,6H2,1-2H3,(H,13,14). The molecule has 0 aromatic heterocycles. The van der Waals surface area contributed by atoms with Crippen LogP contribution in [0.5, 0.6) is 5.75 Å². The summed E-state index contributed by atoms with van der Waals surface area (Å²) in [6.07, 6.45) is 0. The maximum absolute atomic E-state index is 10.8. The molecule has 0 saturated heterocycles.